The molecule has 2 rings (SSSR count). The van der Waals surface area contributed by atoms with E-state index in [9.17, 15) is 14.4 Å². The van der Waals surface area contributed by atoms with Crippen LogP contribution in [-0.4, -0.2) is 46.3 Å². The molecule has 2 N–H and O–H groups in total. The Kier molecular flexibility index (Phi) is 5.12. The summed E-state index contributed by atoms with van der Waals surface area (Å²) in [7, 11) is 0. The molecule has 120 valence electrons. The Hall–Kier alpha value is -1.96. The smallest absolute Gasteiger partial charge is 0.325 e. The van der Waals surface area contributed by atoms with Gasteiger partial charge in [0.1, 0.15) is 11.3 Å². The van der Waals surface area contributed by atoms with E-state index in [1.807, 2.05) is 0 Å². The molecule has 0 atom stereocenters. The monoisotopic (exact) mass is 325 g/mol. The summed E-state index contributed by atoms with van der Waals surface area (Å²) < 4.78 is 5.11. The molecule has 1 aliphatic heterocycles. The van der Waals surface area contributed by atoms with Gasteiger partial charge in [-0.3, -0.25) is 14.5 Å². The minimum absolute atomic E-state index is 0.112. The summed E-state index contributed by atoms with van der Waals surface area (Å²) >= 11 is 1.37. The third-order valence-corrected chi connectivity index (χ3v) is 4.11. The molecule has 1 saturated heterocycles. The zero-order valence-corrected chi connectivity index (χ0v) is 13.4. The van der Waals surface area contributed by atoms with Crippen molar-refractivity contribution in [1.29, 1.82) is 0 Å². The average molecular weight is 325 g/mol. The first-order valence-corrected chi connectivity index (χ1v) is 8.06. The minimum atomic E-state index is -0.845. The van der Waals surface area contributed by atoms with Gasteiger partial charge in [-0.05, 0) is 26.0 Å². The summed E-state index contributed by atoms with van der Waals surface area (Å²) in [4.78, 5) is 36.4. The lowest BCUT2D eigenvalue weighted by molar-refractivity contribution is -0.130. The van der Waals surface area contributed by atoms with Crippen LogP contribution in [0.15, 0.2) is 22.8 Å². The van der Waals surface area contributed by atoms with Crippen molar-refractivity contribution >= 4 is 29.6 Å². The first kappa shape index (κ1) is 16.4. The molecule has 0 aromatic carbocycles. The zero-order chi connectivity index (χ0) is 16.2. The largest absolute Gasteiger partial charge is 0.467 e. The predicted molar refractivity (Wildman–Crippen MR) is 82.2 cm³/mol. The number of imide groups is 1. The highest BCUT2D eigenvalue weighted by Crippen LogP contribution is 2.17. The van der Waals surface area contributed by atoms with Crippen LogP contribution in [0.3, 0.4) is 0 Å². The lowest BCUT2D eigenvalue weighted by Crippen LogP contribution is -2.40. The number of carbonyl (C=O) groups is 3. The van der Waals surface area contributed by atoms with Gasteiger partial charge in [-0.1, -0.05) is 0 Å². The van der Waals surface area contributed by atoms with Crippen molar-refractivity contribution in [1.82, 2.24) is 15.5 Å². The highest BCUT2D eigenvalue weighted by atomic mass is 32.2. The van der Waals surface area contributed by atoms with Crippen LogP contribution < -0.4 is 10.6 Å². The second-order valence-corrected chi connectivity index (χ2v) is 6.53. The third kappa shape index (κ3) is 4.03. The number of hydrogen-bond donors (Lipinski definition) is 2. The molecule has 0 aliphatic carbocycles. The van der Waals surface area contributed by atoms with E-state index in [4.69, 9.17) is 4.42 Å². The molecule has 0 radical (unpaired) electrons. The molecule has 0 saturated carbocycles. The van der Waals surface area contributed by atoms with Gasteiger partial charge in [0.2, 0.25) is 5.91 Å². The number of thioether (sulfide) groups is 1. The molecule has 0 bridgehead atoms. The van der Waals surface area contributed by atoms with Crippen LogP contribution in [0.2, 0.25) is 0 Å². The van der Waals surface area contributed by atoms with Crippen molar-refractivity contribution in [2.45, 2.75) is 25.9 Å². The van der Waals surface area contributed by atoms with E-state index in [0.717, 1.165) is 0 Å². The maximum absolute atomic E-state index is 11.9. The number of carbonyl (C=O) groups excluding carboxylic acids is 3. The molecule has 8 heteroatoms. The minimum Gasteiger partial charge on any atom is -0.467 e. The third-order valence-electron chi connectivity index (χ3n) is 3.18. The van der Waals surface area contributed by atoms with Gasteiger partial charge in [-0.25, -0.2) is 4.79 Å². The Bertz CT molecular complexity index is 556. The number of amides is 4. The van der Waals surface area contributed by atoms with Crippen molar-refractivity contribution in [3.63, 3.8) is 0 Å². The van der Waals surface area contributed by atoms with Crippen LogP contribution in [0.25, 0.3) is 0 Å². The van der Waals surface area contributed by atoms with Crippen LogP contribution in [0.1, 0.15) is 19.6 Å². The first-order chi connectivity index (χ1) is 10.4. The van der Waals surface area contributed by atoms with Crippen molar-refractivity contribution in [2.24, 2.45) is 0 Å². The van der Waals surface area contributed by atoms with Gasteiger partial charge in [0.15, 0.2) is 0 Å². The molecule has 0 spiro atoms. The fraction of sp³-hybridized carbons (Fsp3) is 0.500. The van der Waals surface area contributed by atoms with E-state index < -0.39 is 5.54 Å². The Morgan fingerprint density at radius 3 is 2.82 bits per heavy atom. The fourth-order valence-electron chi connectivity index (χ4n) is 1.99. The quantitative estimate of drug-likeness (QED) is 0.575. The van der Waals surface area contributed by atoms with E-state index >= 15 is 0 Å². The van der Waals surface area contributed by atoms with Crippen LogP contribution in [-0.2, 0) is 16.1 Å². The lowest BCUT2D eigenvalue weighted by Gasteiger charge is -2.15. The number of furan rings is 1. The SMILES string of the molecule is CC1(C)NC(=O)N(CCSCC(=O)NCc2ccco2)C1=O. The Labute approximate surface area is 132 Å². The molecule has 7 nitrogen and oxygen atoms in total. The molecular weight excluding hydrogens is 306 g/mol. The summed E-state index contributed by atoms with van der Waals surface area (Å²) in [5.41, 5.74) is -0.845. The molecular formula is C14H19N3O4S. The number of urea groups is 1. The predicted octanol–water partition coefficient (Wildman–Crippen LogP) is 0.959. The fourth-order valence-corrected chi connectivity index (χ4v) is 2.74. The first-order valence-electron chi connectivity index (χ1n) is 6.91. The van der Waals surface area contributed by atoms with E-state index in [0.29, 0.717) is 24.6 Å². The highest BCUT2D eigenvalue weighted by molar-refractivity contribution is 7.99. The summed E-state index contributed by atoms with van der Waals surface area (Å²) in [6.45, 7) is 3.99. The number of nitrogens with zero attached hydrogens (tertiary/aromatic N) is 1. The second kappa shape index (κ2) is 6.87. The van der Waals surface area contributed by atoms with E-state index in [-0.39, 0.29) is 23.6 Å². The van der Waals surface area contributed by atoms with Crippen LogP contribution in [0, 0.1) is 0 Å². The number of rotatable bonds is 7. The Morgan fingerprint density at radius 1 is 1.45 bits per heavy atom. The molecule has 0 unspecified atom stereocenters. The van der Waals surface area contributed by atoms with Crippen molar-refractivity contribution in [3.8, 4) is 0 Å². The summed E-state index contributed by atoms with van der Waals surface area (Å²) in [6.07, 6.45) is 1.55. The number of nitrogens with one attached hydrogen (secondary N) is 2. The molecule has 4 amide bonds. The van der Waals surface area contributed by atoms with Crippen LogP contribution >= 0.6 is 11.8 Å². The summed E-state index contributed by atoms with van der Waals surface area (Å²) in [6, 6.07) is 3.17. The molecule has 22 heavy (non-hydrogen) atoms. The van der Waals surface area contributed by atoms with Gasteiger partial charge in [-0.15, -0.1) is 0 Å². The molecule has 1 fully saturated rings. The van der Waals surface area contributed by atoms with Gasteiger partial charge in [-0.2, -0.15) is 11.8 Å². The van der Waals surface area contributed by atoms with Crippen molar-refractivity contribution in [3.05, 3.63) is 24.2 Å². The van der Waals surface area contributed by atoms with Crippen molar-refractivity contribution in [2.75, 3.05) is 18.1 Å². The van der Waals surface area contributed by atoms with Gasteiger partial charge in [0.25, 0.3) is 5.91 Å². The molecule has 1 aromatic rings. The van der Waals surface area contributed by atoms with E-state index in [1.54, 1.807) is 32.2 Å². The summed E-state index contributed by atoms with van der Waals surface area (Å²) in [5, 5.41) is 5.35. The summed E-state index contributed by atoms with van der Waals surface area (Å²) in [5.74, 6) is 1.14. The van der Waals surface area contributed by atoms with Crippen molar-refractivity contribution < 1.29 is 18.8 Å². The Morgan fingerprint density at radius 2 is 2.23 bits per heavy atom. The molecule has 2 heterocycles. The van der Waals surface area contributed by atoms with Gasteiger partial charge >= 0.3 is 6.03 Å². The highest BCUT2D eigenvalue weighted by Gasteiger charge is 2.43. The van der Waals surface area contributed by atoms with Gasteiger partial charge in [0.05, 0.1) is 18.6 Å². The van der Waals surface area contributed by atoms with E-state index in [1.165, 1.54) is 16.7 Å². The van der Waals surface area contributed by atoms with Crippen LogP contribution in [0.4, 0.5) is 4.79 Å². The maximum Gasteiger partial charge on any atom is 0.325 e. The maximum atomic E-state index is 11.9. The molecule has 1 aliphatic rings. The van der Waals surface area contributed by atoms with Gasteiger partial charge < -0.3 is 15.1 Å². The van der Waals surface area contributed by atoms with Crippen LogP contribution in [0.5, 0.6) is 0 Å². The lowest BCUT2D eigenvalue weighted by atomic mass is 10.1. The standard InChI is InChI=1S/C14H19N3O4S/c1-14(2)12(19)17(13(20)16-14)5-7-22-9-11(18)15-8-10-4-3-6-21-10/h3-4,6H,5,7-9H2,1-2H3,(H,15,18)(H,16,20). The molecule has 1 aromatic heterocycles. The average Bonchev–Trinajstić information content (AvgIpc) is 3.02. The number of hydrogen-bond acceptors (Lipinski definition) is 5. The second-order valence-electron chi connectivity index (χ2n) is 5.42. The topological polar surface area (TPSA) is 91.7 Å². The van der Waals surface area contributed by atoms with E-state index in [2.05, 4.69) is 10.6 Å². The zero-order valence-electron chi connectivity index (χ0n) is 12.5. The van der Waals surface area contributed by atoms with Gasteiger partial charge in [0, 0.05) is 12.3 Å². The Balaban J connectivity index is 1.64. The normalized spacial score (nSPS) is 16.7.